The highest BCUT2D eigenvalue weighted by molar-refractivity contribution is 5.93. The summed E-state index contributed by atoms with van der Waals surface area (Å²) < 4.78 is 0. The summed E-state index contributed by atoms with van der Waals surface area (Å²) in [4.78, 5) is 21.0. The summed E-state index contributed by atoms with van der Waals surface area (Å²) in [5.41, 5.74) is 5.12. The van der Waals surface area contributed by atoms with Crippen LogP contribution in [0, 0.1) is 6.92 Å². The van der Waals surface area contributed by atoms with E-state index in [0.717, 1.165) is 24.1 Å². The average Bonchev–Trinajstić information content (AvgIpc) is 2.73. The number of hydrogen-bond donors (Lipinski definition) is 2. The maximum absolute atomic E-state index is 12.3. The molecule has 5 heteroatoms. The predicted molar refractivity (Wildman–Crippen MR) is 118 cm³/mol. The van der Waals surface area contributed by atoms with Gasteiger partial charge in [-0.05, 0) is 42.4 Å². The number of carbonyl (C=O) groups excluding carboxylic acids is 1. The number of amides is 1. The van der Waals surface area contributed by atoms with Crippen molar-refractivity contribution in [1.29, 1.82) is 0 Å². The Bertz CT molecular complexity index is 937. The SMILES string of the molecule is Cc1cccc(C(C)C)c1Nc1ncc(C(=O)NCCCc2ccccc2)cn1. The molecule has 5 nitrogen and oxygen atoms in total. The predicted octanol–water partition coefficient (Wildman–Crippen LogP) is 5.01. The summed E-state index contributed by atoms with van der Waals surface area (Å²) in [5, 5.41) is 6.24. The highest BCUT2D eigenvalue weighted by Crippen LogP contribution is 2.29. The number of carbonyl (C=O) groups is 1. The van der Waals surface area contributed by atoms with Gasteiger partial charge in [0.1, 0.15) is 0 Å². The molecular weight excluding hydrogens is 360 g/mol. The molecule has 0 aliphatic carbocycles. The van der Waals surface area contributed by atoms with Crippen LogP contribution in [0.15, 0.2) is 60.9 Å². The van der Waals surface area contributed by atoms with Crippen molar-refractivity contribution in [2.24, 2.45) is 0 Å². The minimum atomic E-state index is -0.150. The van der Waals surface area contributed by atoms with Crippen LogP contribution in [0.3, 0.4) is 0 Å². The van der Waals surface area contributed by atoms with E-state index in [1.54, 1.807) is 12.4 Å². The molecule has 0 bridgehead atoms. The van der Waals surface area contributed by atoms with E-state index in [9.17, 15) is 4.79 Å². The van der Waals surface area contributed by atoms with Crippen LogP contribution < -0.4 is 10.6 Å². The third kappa shape index (κ3) is 5.64. The van der Waals surface area contributed by atoms with Crippen molar-refractivity contribution in [2.75, 3.05) is 11.9 Å². The molecule has 3 rings (SSSR count). The lowest BCUT2D eigenvalue weighted by molar-refractivity contribution is 0.0952. The number of anilines is 2. The first kappa shape index (κ1) is 20.5. The topological polar surface area (TPSA) is 66.9 Å². The summed E-state index contributed by atoms with van der Waals surface area (Å²) in [6, 6.07) is 16.5. The van der Waals surface area contributed by atoms with E-state index in [-0.39, 0.29) is 5.91 Å². The molecular formula is C24H28N4O. The Balaban J connectivity index is 1.55. The molecule has 0 saturated heterocycles. The quantitative estimate of drug-likeness (QED) is 0.532. The van der Waals surface area contributed by atoms with Gasteiger partial charge in [-0.3, -0.25) is 4.79 Å². The molecule has 0 atom stereocenters. The van der Waals surface area contributed by atoms with Gasteiger partial charge in [0, 0.05) is 24.6 Å². The third-order valence-corrected chi connectivity index (χ3v) is 4.85. The van der Waals surface area contributed by atoms with Gasteiger partial charge in [0.15, 0.2) is 0 Å². The van der Waals surface area contributed by atoms with E-state index < -0.39 is 0 Å². The van der Waals surface area contributed by atoms with Crippen LogP contribution in [0.2, 0.25) is 0 Å². The highest BCUT2D eigenvalue weighted by Gasteiger charge is 2.11. The zero-order valence-electron chi connectivity index (χ0n) is 17.3. The minimum absolute atomic E-state index is 0.150. The molecule has 0 aliphatic heterocycles. The van der Waals surface area contributed by atoms with Crippen molar-refractivity contribution in [3.05, 3.63) is 83.2 Å². The second-order valence-corrected chi connectivity index (χ2v) is 7.46. The van der Waals surface area contributed by atoms with Crippen molar-refractivity contribution in [3.8, 4) is 0 Å². The maximum atomic E-state index is 12.3. The number of benzene rings is 2. The van der Waals surface area contributed by atoms with Crippen molar-refractivity contribution < 1.29 is 4.79 Å². The number of aryl methyl sites for hydroxylation is 2. The van der Waals surface area contributed by atoms with Crippen LogP contribution in [-0.2, 0) is 6.42 Å². The summed E-state index contributed by atoms with van der Waals surface area (Å²) in [5.74, 6) is 0.725. The van der Waals surface area contributed by atoms with Crippen LogP contribution >= 0.6 is 0 Å². The summed E-state index contributed by atoms with van der Waals surface area (Å²) in [6.45, 7) is 7.00. The molecule has 0 aliphatic rings. The Morgan fingerprint density at radius 3 is 2.41 bits per heavy atom. The lowest BCUT2D eigenvalue weighted by Crippen LogP contribution is -2.25. The van der Waals surface area contributed by atoms with Crippen LogP contribution in [0.4, 0.5) is 11.6 Å². The Hall–Kier alpha value is -3.21. The van der Waals surface area contributed by atoms with Gasteiger partial charge in [0.25, 0.3) is 5.91 Å². The largest absolute Gasteiger partial charge is 0.352 e. The summed E-state index contributed by atoms with van der Waals surface area (Å²) in [7, 11) is 0. The van der Waals surface area contributed by atoms with Gasteiger partial charge in [0.2, 0.25) is 5.95 Å². The Morgan fingerprint density at radius 2 is 1.72 bits per heavy atom. The second kappa shape index (κ2) is 9.82. The number of rotatable bonds is 8. The monoisotopic (exact) mass is 388 g/mol. The number of hydrogen-bond acceptors (Lipinski definition) is 4. The zero-order chi connectivity index (χ0) is 20.6. The van der Waals surface area contributed by atoms with Crippen LogP contribution in [0.25, 0.3) is 0 Å². The fraction of sp³-hybridized carbons (Fsp3) is 0.292. The van der Waals surface area contributed by atoms with Crippen molar-refractivity contribution in [2.45, 2.75) is 39.5 Å². The number of aromatic nitrogens is 2. The standard InChI is InChI=1S/C24H28N4O/c1-17(2)21-13-7-9-18(3)22(21)28-24-26-15-20(16-27-24)23(29)25-14-8-12-19-10-5-4-6-11-19/h4-7,9-11,13,15-17H,8,12,14H2,1-3H3,(H,25,29)(H,26,27,28). The van der Waals surface area contributed by atoms with E-state index in [0.29, 0.717) is 24.0 Å². The smallest absolute Gasteiger partial charge is 0.254 e. The molecule has 2 aromatic carbocycles. The fourth-order valence-electron chi connectivity index (χ4n) is 3.21. The van der Waals surface area contributed by atoms with Crippen LogP contribution in [0.5, 0.6) is 0 Å². The second-order valence-electron chi connectivity index (χ2n) is 7.46. The lowest BCUT2D eigenvalue weighted by Gasteiger charge is -2.16. The molecule has 0 saturated carbocycles. The molecule has 2 N–H and O–H groups in total. The van der Waals surface area contributed by atoms with Gasteiger partial charge < -0.3 is 10.6 Å². The minimum Gasteiger partial charge on any atom is -0.352 e. The Labute approximate surface area is 172 Å². The van der Waals surface area contributed by atoms with E-state index >= 15 is 0 Å². The number of para-hydroxylation sites is 1. The molecule has 0 unspecified atom stereocenters. The highest BCUT2D eigenvalue weighted by atomic mass is 16.1. The first-order chi connectivity index (χ1) is 14.0. The first-order valence-corrected chi connectivity index (χ1v) is 10.1. The molecule has 29 heavy (non-hydrogen) atoms. The van der Waals surface area contributed by atoms with Crippen LogP contribution in [0.1, 0.15) is 53.2 Å². The lowest BCUT2D eigenvalue weighted by atomic mass is 9.98. The van der Waals surface area contributed by atoms with E-state index in [4.69, 9.17) is 0 Å². The van der Waals surface area contributed by atoms with Gasteiger partial charge in [-0.2, -0.15) is 0 Å². The van der Waals surface area contributed by atoms with Gasteiger partial charge in [-0.15, -0.1) is 0 Å². The van der Waals surface area contributed by atoms with E-state index in [1.807, 2.05) is 18.2 Å². The van der Waals surface area contributed by atoms with Crippen molar-refractivity contribution >= 4 is 17.5 Å². The molecule has 3 aromatic rings. The molecule has 0 fully saturated rings. The van der Waals surface area contributed by atoms with Crippen LogP contribution in [-0.4, -0.2) is 22.4 Å². The van der Waals surface area contributed by atoms with Crippen molar-refractivity contribution in [3.63, 3.8) is 0 Å². The van der Waals surface area contributed by atoms with E-state index in [1.165, 1.54) is 11.1 Å². The average molecular weight is 389 g/mol. The summed E-state index contributed by atoms with van der Waals surface area (Å²) in [6.07, 6.45) is 4.96. The third-order valence-electron chi connectivity index (χ3n) is 4.85. The molecule has 1 amide bonds. The fourth-order valence-corrected chi connectivity index (χ4v) is 3.21. The van der Waals surface area contributed by atoms with Gasteiger partial charge >= 0.3 is 0 Å². The van der Waals surface area contributed by atoms with Gasteiger partial charge in [0.05, 0.1) is 5.56 Å². The maximum Gasteiger partial charge on any atom is 0.254 e. The van der Waals surface area contributed by atoms with Gasteiger partial charge in [-0.1, -0.05) is 62.4 Å². The molecule has 0 radical (unpaired) electrons. The molecule has 1 heterocycles. The molecule has 1 aromatic heterocycles. The van der Waals surface area contributed by atoms with Crippen molar-refractivity contribution in [1.82, 2.24) is 15.3 Å². The Kier molecular flexibility index (Phi) is 6.95. The zero-order valence-corrected chi connectivity index (χ0v) is 17.3. The Morgan fingerprint density at radius 1 is 1.00 bits per heavy atom. The normalized spacial score (nSPS) is 10.8. The van der Waals surface area contributed by atoms with Gasteiger partial charge in [-0.25, -0.2) is 9.97 Å². The molecule has 0 spiro atoms. The number of nitrogens with one attached hydrogen (secondary N) is 2. The van der Waals surface area contributed by atoms with E-state index in [2.05, 4.69) is 71.7 Å². The first-order valence-electron chi connectivity index (χ1n) is 10.1. The number of nitrogens with zero attached hydrogens (tertiary/aromatic N) is 2. The summed E-state index contributed by atoms with van der Waals surface area (Å²) >= 11 is 0. The molecule has 150 valence electrons.